The molecule has 3 unspecified atom stereocenters. The van der Waals surface area contributed by atoms with Gasteiger partial charge in [0.15, 0.2) is 0 Å². The van der Waals surface area contributed by atoms with Crippen LogP contribution in [0.25, 0.3) is 0 Å². The quantitative estimate of drug-likeness (QED) is 0.369. The van der Waals surface area contributed by atoms with Crippen LogP contribution in [0.2, 0.25) is 0 Å². The van der Waals surface area contributed by atoms with Gasteiger partial charge in [0.25, 0.3) is 0 Å². The fourth-order valence-corrected chi connectivity index (χ4v) is 6.54. The third-order valence-electron chi connectivity index (χ3n) is 8.67. The molecule has 0 saturated carbocycles. The maximum atomic E-state index is 13.4. The molecule has 5 heteroatoms. The molecule has 4 nitrogen and oxygen atoms in total. The van der Waals surface area contributed by atoms with E-state index in [4.69, 9.17) is 16.6 Å². The van der Waals surface area contributed by atoms with Gasteiger partial charge in [-0.2, -0.15) is 0 Å². The molecule has 0 aromatic heterocycles. The Balaban J connectivity index is 1.29. The summed E-state index contributed by atoms with van der Waals surface area (Å²) >= 11 is 6.11. The molecule has 198 valence electrons. The van der Waals surface area contributed by atoms with Crippen molar-refractivity contribution in [1.82, 2.24) is 10.2 Å². The van der Waals surface area contributed by atoms with Crippen LogP contribution in [-0.4, -0.2) is 48.7 Å². The first-order valence-electron chi connectivity index (χ1n) is 14.4. The lowest BCUT2D eigenvalue weighted by Crippen LogP contribution is -2.50. The van der Waals surface area contributed by atoms with Gasteiger partial charge in [-0.25, -0.2) is 0 Å². The molecule has 3 aliphatic carbocycles. The molecule has 4 atom stereocenters. The van der Waals surface area contributed by atoms with Crippen molar-refractivity contribution in [3.63, 3.8) is 0 Å². The lowest BCUT2D eigenvalue weighted by Gasteiger charge is -2.38. The molecule has 4 rings (SSSR count). The number of aliphatic imine (C=N–C) groups is 1. The van der Waals surface area contributed by atoms with Crippen LogP contribution in [0.15, 0.2) is 52.1 Å². The van der Waals surface area contributed by atoms with Crippen molar-refractivity contribution in [2.45, 2.75) is 78.2 Å². The maximum absolute atomic E-state index is 13.4. The van der Waals surface area contributed by atoms with Crippen LogP contribution in [0.5, 0.6) is 0 Å². The minimum atomic E-state index is 0.0515. The predicted octanol–water partition coefficient (Wildman–Crippen LogP) is 6.69. The number of piperidine rings is 1. The molecule has 0 bridgehead atoms. The van der Waals surface area contributed by atoms with Crippen LogP contribution in [0.4, 0.5) is 0 Å². The Morgan fingerprint density at radius 2 is 2.00 bits per heavy atom. The number of rotatable bonds is 8. The van der Waals surface area contributed by atoms with Gasteiger partial charge in [-0.05, 0) is 101 Å². The van der Waals surface area contributed by atoms with E-state index < -0.39 is 0 Å². The van der Waals surface area contributed by atoms with Gasteiger partial charge in [-0.3, -0.25) is 9.79 Å². The molecule has 1 amide bonds. The van der Waals surface area contributed by atoms with Crippen LogP contribution < -0.4 is 5.32 Å². The second kappa shape index (κ2) is 13.2. The van der Waals surface area contributed by atoms with Gasteiger partial charge in [0, 0.05) is 41.7 Å². The number of hydrogen-bond acceptors (Lipinski definition) is 3. The van der Waals surface area contributed by atoms with Gasteiger partial charge in [-0.15, -0.1) is 0 Å². The molecule has 1 fully saturated rings. The zero-order valence-corrected chi connectivity index (χ0v) is 23.4. The van der Waals surface area contributed by atoms with Gasteiger partial charge < -0.3 is 10.2 Å². The predicted molar refractivity (Wildman–Crippen MR) is 152 cm³/mol. The van der Waals surface area contributed by atoms with E-state index in [9.17, 15) is 4.79 Å². The largest absolute Gasteiger partial charge is 0.352 e. The van der Waals surface area contributed by atoms with Gasteiger partial charge in [0.1, 0.15) is 0 Å². The van der Waals surface area contributed by atoms with Crippen molar-refractivity contribution < 1.29 is 4.79 Å². The Morgan fingerprint density at radius 1 is 1.19 bits per heavy atom. The highest BCUT2D eigenvalue weighted by Gasteiger charge is 2.32. The minimum absolute atomic E-state index is 0.0515. The van der Waals surface area contributed by atoms with Crippen molar-refractivity contribution in [1.29, 1.82) is 0 Å². The summed E-state index contributed by atoms with van der Waals surface area (Å²) in [6.45, 7) is 10.6. The molecule has 1 heterocycles. The molecular weight excluding hydrogens is 466 g/mol. The smallest absolute Gasteiger partial charge is 0.223 e. The number of halogens is 1. The molecule has 0 spiro atoms. The molecule has 36 heavy (non-hydrogen) atoms. The second-order valence-electron chi connectivity index (χ2n) is 11.5. The first-order chi connectivity index (χ1) is 17.4. The van der Waals surface area contributed by atoms with E-state index in [0.717, 1.165) is 69.2 Å². The summed E-state index contributed by atoms with van der Waals surface area (Å²) in [4.78, 5) is 20.8. The number of carbonyl (C=O) groups excluding carboxylic acids is 1. The standard InChI is InChI=1S/C31H46ClN3O/c1-4-33-29-11-6-5-10-28(29)25-8-7-9-26(20-25)31(36)34-30(22(2)3)21-35-18-16-24(17-19-35)23-12-14-27(32)15-13-23/h7-8,10,12,14-15,22-26,30H,4-6,9,11,13,16-21H2,1-3H3,(H,34,36)/t23?,25?,26?,30-/m0/s1. The van der Waals surface area contributed by atoms with Crippen LogP contribution >= 0.6 is 11.6 Å². The Bertz CT molecular complexity index is 907. The Labute approximate surface area is 224 Å². The van der Waals surface area contributed by atoms with Crippen molar-refractivity contribution in [2.24, 2.45) is 34.6 Å². The van der Waals surface area contributed by atoms with Crippen LogP contribution in [0.3, 0.4) is 0 Å². The summed E-state index contributed by atoms with van der Waals surface area (Å²) in [7, 11) is 0. The van der Waals surface area contributed by atoms with Crippen molar-refractivity contribution in [2.75, 3.05) is 26.2 Å². The average Bonchev–Trinajstić information content (AvgIpc) is 2.90. The van der Waals surface area contributed by atoms with Crippen LogP contribution in [0.1, 0.15) is 72.1 Å². The van der Waals surface area contributed by atoms with Crippen molar-refractivity contribution in [3.8, 4) is 0 Å². The van der Waals surface area contributed by atoms with E-state index in [1.165, 1.54) is 30.5 Å². The van der Waals surface area contributed by atoms with E-state index in [2.05, 4.69) is 67.4 Å². The normalized spacial score (nSPS) is 29.8. The molecule has 1 saturated heterocycles. The van der Waals surface area contributed by atoms with Crippen LogP contribution in [-0.2, 0) is 4.79 Å². The highest BCUT2D eigenvalue weighted by Crippen LogP contribution is 2.34. The number of likely N-dealkylation sites (tertiary alicyclic amines) is 1. The molecule has 1 aliphatic heterocycles. The molecule has 0 aromatic carbocycles. The number of carbonyl (C=O) groups is 1. The van der Waals surface area contributed by atoms with Gasteiger partial charge in [0.2, 0.25) is 5.91 Å². The molecule has 0 aromatic rings. The fourth-order valence-electron chi connectivity index (χ4n) is 6.37. The number of allylic oxidation sites excluding steroid dienone is 8. The molecule has 1 N–H and O–H groups in total. The van der Waals surface area contributed by atoms with Gasteiger partial charge >= 0.3 is 0 Å². The summed E-state index contributed by atoms with van der Waals surface area (Å²) in [5.74, 6) is 2.40. The third kappa shape index (κ3) is 7.22. The van der Waals surface area contributed by atoms with Crippen molar-refractivity contribution >= 4 is 23.2 Å². The first kappa shape index (κ1) is 27.4. The summed E-state index contributed by atoms with van der Waals surface area (Å²) in [5, 5.41) is 4.35. The fraction of sp³-hybridized carbons (Fsp3) is 0.677. The topological polar surface area (TPSA) is 44.7 Å². The zero-order chi connectivity index (χ0) is 25.5. The molecular formula is C31H46ClN3O. The SMILES string of the molecule is CCN=C1CCCC=C1C1C=CCC(C(=O)N[C@@H](CN2CCC(C3C=CC(Cl)=CC3)CC2)C(C)C)C1. The summed E-state index contributed by atoms with van der Waals surface area (Å²) in [6, 6.07) is 0.195. The van der Waals surface area contributed by atoms with Gasteiger partial charge in [0.05, 0.1) is 0 Å². The van der Waals surface area contributed by atoms with Gasteiger partial charge in [-0.1, -0.05) is 55.8 Å². The Hall–Kier alpha value is -1.65. The minimum Gasteiger partial charge on any atom is -0.352 e. The first-order valence-corrected chi connectivity index (χ1v) is 14.8. The number of nitrogens with zero attached hydrogens (tertiary/aromatic N) is 2. The lowest BCUT2D eigenvalue weighted by atomic mass is 9.77. The molecule has 4 aliphatic rings. The van der Waals surface area contributed by atoms with Crippen LogP contribution in [0, 0.1) is 29.6 Å². The highest BCUT2D eigenvalue weighted by molar-refractivity contribution is 6.31. The van der Waals surface area contributed by atoms with E-state index in [1.807, 2.05) is 0 Å². The van der Waals surface area contributed by atoms with E-state index in [1.54, 1.807) is 0 Å². The van der Waals surface area contributed by atoms with E-state index in [-0.39, 0.29) is 17.9 Å². The summed E-state index contributed by atoms with van der Waals surface area (Å²) in [6.07, 6.45) is 22.2. The Morgan fingerprint density at radius 3 is 2.69 bits per heavy atom. The monoisotopic (exact) mass is 511 g/mol. The second-order valence-corrected chi connectivity index (χ2v) is 12.0. The van der Waals surface area contributed by atoms with Crippen molar-refractivity contribution in [3.05, 3.63) is 47.1 Å². The lowest BCUT2D eigenvalue weighted by molar-refractivity contribution is -0.126. The molecule has 0 radical (unpaired) electrons. The van der Waals surface area contributed by atoms with E-state index >= 15 is 0 Å². The summed E-state index contributed by atoms with van der Waals surface area (Å²) < 4.78 is 0. The number of hydrogen-bond donors (Lipinski definition) is 1. The maximum Gasteiger partial charge on any atom is 0.223 e. The summed E-state index contributed by atoms with van der Waals surface area (Å²) in [5.41, 5.74) is 2.65. The number of amides is 1. The Kier molecular flexibility index (Phi) is 10.1. The zero-order valence-electron chi connectivity index (χ0n) is 22.6. The highest BCUT2D eigenvalue weighted by atomic mass is 35.5. The average molecular weight is 512 g/mol. The third-order valence-corrected chi connectivity index (χ3v) is 8.95. The van der Waals surface area contributed by atoms with E-state index in [0.29, 0.717) is 17.8 Å². The number of nitrogens with one attached hydrogen (secondary N) is 1.